The third-order valence-electron chi connectivity index (χ3n) is 2.53. The number of aromatic carboxylic acids is 1. The molecule has 0 saturated carbocycles. The van der Waals surface area contributed by atoms with Gasteiger partial charge in [0.05, 0.1) is 10.7 Å². The third kappa shape index (κ3) is 4.42. The lowest BCUT2D eigenvalue weighted by Crippen LogP contribution is -2.18. The molecule has 1 unspecified atom stereocenters. The summed E-state index contributed by atoms with van der Waals surface area (Å²) in [6.45, 7) is 4.17. The normalized spacial score (nSPS) is 12.2. The molecule has 0 aliphatic carbocycles. The van der Waals surface area contributed by atoms with E-state index in [1.165, 1.54) is 0 Å². The van der Waals surface area contributed by atoms with Crippen molar-refractivity contribution in [2.45, 2.75) is 26.3 Å². The Morgan fingerprint density at radius 3 is 2.89 bits per heavy atom. The van der Waals surface area contributed by atoms with Crippen molar-refractivity contribution in [2.75, 3.05) is 16.8 Å². The zero-order chi connectivity index (χ0) is 13.5. The molecule has 1 aromatic carbocycles. The maximum Gasteiger partial charge on any atom is 0.339 e. The summed E-state index contributed by atoms with van der Waals surface area (Å²) >= 11 is 7.79. The number of hydrogen-bond donors (Lipinski definition) is 2. The molecule has 0 bridgehead atoms. The molecule has 18 heavy (non-hydrogen) atoms. The van der Waals surface area contributed by atoms with Crippen molar-refractivity contribution in [1.82, 2.24) is 0 Å². The first-order chi connectivity index (χ1) is 8.56. The number of rotatable bonds is 7. The summed E-state index contributed by atoms with van der Waals surface area (Å²) in [6, 6.07) is 5.32. The van der Waals surface area contributed by atoms with E-state index in [1.54, 1.807) is 18.2 Å². The molecule has 0 heterocycles. The highest BCUT2D eigenvalue weighted by molar-refractivity contribution is 7.99. The number of thioether (sulfide) groups is 1. The van der Waals surface area contributed by atoms with Crippen molar-refractivity contribution in [2.24, 2.45) is 0 Å². The van der Waals surface area contributed by atoms with Crippen LogP contribution in [0.2, 0.25) is 5.02 Å². The van der Waals surface area contributed by atoms with Gasteiger partial charge in [0.1, 0.15) is 5.56 Å². The lowest BCUT2D eigenvalue weighted by molar-refractivity contribution is 0.0698. The molecular weight excluding hydrogens is 270 g/mol. The van der Waals surface area contributed by atoms with Crippen molar-refractivity contribution in [3.8, 4) is 0 Å². The van der Waals surface area contributed by atoms with Crippen LogP contribution in [0.4, 0.5) is 5.69 Å². The Kier molecular flexibility index (Phi) is 6.36. The first-order valence-corrected chi connectivity index (χ1v) is 7.45. The number of carboxylic acids is 1. The molecule has 0 aromatic heterocycles. The molecule has 3 nitrogen and oxygen atoms in total. The van der Waals surface area contributed by atoms with Gasteiger partial charge in [-0.05, 0) is 37.0 Å². The second-order valence-electron chi connectivity index (χ2n) is 4.00. The molecule has 0 spiro atoms. The van der Waals surface area contributed by atoms with Crippen molar-refractivity contribution >= 4 is 35.0 Å². The Morgan fingerprint density at radius 1 is 1.56 bits per heavy atom. The van der Waals surface area contributed by atoms with Crippen LogP contribution in [0.3, 0.4) is 0 Å². The molecule has 1 aromatic rings. The van der Waals surface area contributed by atoms with E-state index in [9.17, 15) is 4.79 Å². The quantitative estimate of drug-likeness (QED) is 0.745. The van der Waals surface area contributed by atoms with Crippen molar-refractivity contribution in [3.05, 3.63) is 28.8 Å². The highest BCUT2D eigenvalue weighted by atomic mass is 35.5. The van der Waals surface area contributed by atoms with Gasteiger partial charge in [-0.3, -0.25) is 0 Å². The number of benzene rings is 1. The average molecular weight is 288 g/mol. The highest BCUT2D eigenvalue weighted by Crippen LogP contribution is 2.25. The van der Waals surface area contributed by atoms with Crippen LogP contribution in [0.1, 0.15) is 30.6 Å². The van der Waals surface area contributed by atoms with Crippen LogP contribution in [0.15, 0.2) is 18.2 Å². The predicted molar refractivity (Wildman–Crippen MR) is 79.1 cm³/mol. The number of hydrogen-bond acceptors (Lipinski definition) is 3. The molecule has 1 rings (SSSR count). The predicted octanol–water partition coefficient (Wildman–Crippen LogP) is 3.98. The van der Waals surface area contributed by atoms with Crippen LogP contribution in [-0.4, -0.2) is 28.6 Å². The van der Waals surface area contributed by atoms with E-state index < -0.39 is 5.97 Å². The molecule has 0 radical (unpaired) electrons. The fourth-order valence-corrected chi connectivity index (χ4v) is 2.67. The summed E-state index contributed by atoms with van der Waals surface area (Å²) in [4.78, 5) is 11.2. The van der Waals surface area contributed by atoms with Crippen LogP contribution < -0.4 is 5.32 Å². The molecule has 2 N–H and O–H groups in total. The first-order valence-electron chi connectivity index (χ1n) is 5.92. The SMILES string of the molecule is CCSCCC(C)Nc1cccc(Cl)c1C(=O)O. The maximum absolute atomic E-state index is 11.2. The Labute approximate surface area is 117 Å². The summed E-state index contributed by atoms with van der Waals surface area (Å²) in [5, 5.41) is 12.6. The van der Waals surface area contributed by atoms with E-state index in [0.717, 1.165) is 17.9 Å². The topological polar surface area (TPSA) is 49.3 Å². The summed E-state index contributed by atoms with van der Waals surface area (Å²) in [6.07, 6.45) is 0.990. The van der Waals surface area contributed by atoms with Gasteiger partial charge in [0, 0.05) is 6.04 Å². The van der Waals surface area contributed by atoms with Gasteiger partial charge in [-0.1, -0.05) is 24.6 Å². The van der Waals surface area contributed by atoms with E-state index in [4.69, 9.17) is 16.7 Å². The first kappa shape index (κ1) is 15.2. The number of anilines is 1. The monoisotopic (exact) mass is 287 g/mol. The van der Waals surface area contributed by atoms with Gasteiger partial charge in [-0.25, -0.2) is 4.79 Å². The van der Waals surface area contributed by atoms with Crippen molar-refractivity contribution in [3.63, 3.8) is 0 Å². The molecule has 100 valence electrons. The number of carbonyl (C=O) groups is 1. The lowest BCUT2D eigenvalue weighted by atomic mass is 10.1. The number of halogens is 1. The van der Waals surface area contributed by atoms with Gasteiger partial charge in [0.15, 0.2) is 0 Å². The van der Waals surface area contributed by atoms with Gasteiger partial charge in [0.2, 0.25) is 0 Å². The van der Waals surface area contributed by atoms with E-state index in [1.807, 2.05) is 18.7 Å². The number of carboxylic acid groups (broad SMARTS) is 1. The van der Waals surface area contributed by atoms with Crippen LogP contribution in [-0.2, 0) is 0 Å². The minimum Gasteiger partial charge on any atom is -0.478 e. The van der Waals surface area contributed by atoms with Crippen LogP contribution in [0.25, 0.3) is 0 Å². The van der Waals surface area contributed by atoms with Gasteiger partial charge in [-0.2, -0.15) is 11.8 Å². The number of nitrogens with one attached hydrogen (secondary N) is 1. The Hall–Kier alpha value is -0.870. The fourth-order valence-electron chi connectivity index (χ4n) is 1.60. The Balaban J connectivity index is 2.72. The van der Waals surface area contributed by atoms with Crippen molar-refractivity contribution in [1.29, 1.82) is 0 Å². The second-order valence-corrected chi connectivity index (χ2v) is 5.80. The molecule has 0 aliphatic heterocycles. The Morgan fingerprint density at radius 2 is 2.28 bits per heavy atom. The minimum atomic E-state index is -1.00. The summed E-state index contributed by atoms with van der Waals surface area (Å²) in [5.41, 5.74) is 0.734. The van der Waals surface area contributed by atoms with E-state index in [2.05, 4.69) is 12.2 Å². The molecule has 0 amide bonds. The lowest BCUT2D eigenvalue weighted by Gasteiger charge is -2.17. The largest absolute Gasteiger partial charge is 0.478 e. The minimum absolute atomic E-state index is 0.147. The summed E-state index contributed by atoms with van der Waals surface area (Å²) in [7, 11) is 0. The maximum atomic E-state index is 11.2. The van der Waals surface area contributed by atoms with Gasteiger partial charge in [-0.15, -0.1) is 0 Å². The summed E-state index contributed by atoms with van der Waals surface area (Å²) < 4.78 is 0. The average Bonchev–Trinajstić information content (AvgIpc) is 2.28. The van der Waals surface area contributed by atoms with Crippen LogP contribution >= 0.6 is 23.4 Å². The molecule has 0 aliphatic rings. The van der Waals surface area contributed by atoms with Gasteiger partial charge in [0.25, 0.3) is 0 Å². The van der Waals surface area contributed by atoms with Crippen LogP contribution in [0.5, 0.6) is 0 Å². The van der Waals surface area contributed by atoms with Crippen molar-refractivity contribution < 1.29 is 9.90 Å². The highest BCUT2D eigenvalue weighted by Gasteiger charge is 2.15. The van der Waals surface area contributed by atoms with Gasteiger partial charge < -0.3 is 10.4 Å². The van der Waals surface area contributed by atoms with E-state index >= 15 is 0 Å². The molecular formula is C13H18ClNO2S. The molecule has 0 saturated heterocycles. The molecule has 5 heteroatoms. The van der Waals surface area contributed by atoms with Gasteiger partial charge >= 0.3 is 5.97 Å². The summed E-state index contributed by atoms with van der Waals surface area (Å²) in [5.74, 6) is 1.16. The van der Waals surface area contributed by atoms with Crippen LogP contribution in [0, 0.1) is 0 Å². The zero-order valence-electron chi connectivity index (χ0n) is 10.6. The Bertz CT molecular complexity index is 412. The molecule has 0 fully saturated rings. The third-order valence-corrected chi connectivity index (χ3v) is 3.78. The van der Waals surface area contributed by atoms with E-state index in [-0.39, 0.29) is 16.6 Å². The second kappa shape index (κ2) is 7.54. The smallest absolute Gasteiger partial charge is 0.339 e. The zero-order valence-corrected chi connectivity index (χ0v) is 12.1. The standard InChI is InChI=1S/C13H18ClNO2S/c1-3-18-8-7-9(2)15-11-6-4-5-10(14)12(11)13(16)17/h4-6,9,15H,3,7-8H2,1-2H3,(H,16,17). The fraction of sp³-hybridized carbons (Fsp3) is 0.462. The van der Waals surface area contributed by atoms with E-state index in [0.29, 0.717) is 5.69 Å². The molecule has 1 atom stereocenters.